The van der Waals surface area contributed by atoms with E-state index in [0.717, 1.165) is 18.4 Å². The molecule has 78 valence electrons. The van der Waals surface area contributed by atoms with E-state index in [-0.39, 0.29) is 5.54 Å². The van der Waals surface area contributed by atoms with E-state index < -0.39 is 0 Å². The van der Waals surface area contributed by atoms with E-state index in [1.165, 1.54) is 0 Å². The molecule has 0 bridgehead atoms. The first kappa shape index (κ1) is 10.0. The zero-order chi connectivity index (χ0) is 10.9. The van der Waals surface area contributed by atoms with Crippen LogP contribution in [0.1, 0.15) is 24.0 Å². The summed E-state index contributed by atoms with van der Waals surface area (Å²) in [6.07, 6.45) is 2.03. The van der Waals surface area contributed by atoms with Crippen molar-refractivity contribution in [3.8, 4) is 11.8 Å². The molecule has 3 heteroatoms. The third kappa shape index (κ3) is 2.28. The van der Waals surface area contributed by atoms with Crippen molar-refractivity contribution in [2.45, 2.75) is 25.3 Å². The Labute approximate surface area is 89.5 Å². The number of benzene rings is 1. The molecule has 0 amide bonds. The Morgan fingerprint density at radius 1 is 1.53 bits per heavy atom. The summed E-state index contributed by atoms with van der Waals surface area (Å²) in [6.45, 7) is 2.48. The fourth-order valence-electron chi connectivity index (χ4n) is 1.37. The van der Waals surface area contributed by atoms with E-state index in [1.807, 2.05) is 19.1 Å². The van der Waals surface area contributed by atoms with Gasteiger partial charge < -0.3 is 10.5 Å². The van der Waals surface area contributed by atoms with E-state index in [4.69, 9.17) is 15.7 Å². The van der Waals surface area contributed by atoms with E-state index >= 15 is 0 Å². The van der Waals surface area contributed by atoms with Crippen molar-refractivity contribution in [1.29, 1.82) is 5.26 Å². The van der Waals surface area contributed by atoms with Crippen molar-refractivity contribution in [3.63, 3.8) is 0 Å². The Morgan fingerprint density at radius 2 is 2.27 bits per heavy atom. The quantitative estimate of drug-likeness (QED) is 0.812. The highest BCUT2D eigenvalue weighted by atomic mass is 16.5. The van der Waals surface area contributed by atoms with Crippen LogP contribution in [0.3, 0.4) is 0 Å². The predicted molar refractivity (Wildman–Crippen MR) is 57.5 cm³/mol. The van der Waals surface area contributed by atoms with Gasteiger partial charge in [0.1, 0.15) is 18.4 Å². The second-order valence-electron chi connectivity index (χ2n) is 4.26. The summed E-state index contributed by atoms with van der Waals surface area (Å²) in [5.41, 5.74) is 7.44. The lowest BCUT2D eigenvalue weighted by atomic mass is 10.1. The molecular weight excluding hydrogens is 188 g/mol. The zero-order valence-corrected chi connectivity index (χ0v) is 8.79. The van der Waals surface area contributed by atoms with Gasteiger partial charge in [0.05, 0.1) is 11.1 Å². The molecule has 1 aromatic rings. The van der Waals surface area contributed by atoms with Crippen LogP contribution in [0.4, 0.5) is 0 Å². The Kier molecular flexibility index (Phi) is 2.37. The van der Waals surface area contributed by atoms with Crippen LogP contribution >= 0.6 is 0 Å². The molecule has 0 aliphatic heterocycles. The van der Waals surface area contributed by atoms with Crippen molar-refractivity contribution in [1.82, 2.24) is 0 Å². The standard InChI is InChI=1S/C12H14N2O/c1-9-2-3-10(7-13)11(6-9)15-8-12(14)4-5-12/h2-3,6H,4-5,8,14H2,1H3. The molecule has 1 aromatic carbocycles. The molecule has 1 aliphatic carbocycles. The molecule has 3 nitrogen and oxygen atoms in total. The molecule has 2 rings (SSSR count). The fraction of sp³-hybridized carbons (Fsp3) is 0.417. The Bertz CT molecular complexity index is 416. The number of nitrogens with two attached hydrogens (primary N) is 1. The summed E-state index contributed by atoms with van der Waals surface area (Å²) >= 11 is 0. The highest BCUT2D eigenvalue weighted by Crippen LogP contribution is 2.33. The number of hydrogen-bond donors (Lipinski definition) is 1. The van der Waals surface area contributed by atoms with E-state index in [0.29, 0.717) is 17.9 Å². The van der Waals surface area contributed by atoms with Gasteiger partial charge in [0.2, 0.25) is 0 Å². The van der Waals surface area contributed by atoms with Gasteiger partial charge in [-0.2, -0.15) is 5.26 Å². The molecule has 0 aromatic heterocycles. The van der Waals surface area contributed by atoms with Crippen LogP contribution in [0.5, 0.6) is 5.75 Å². The SMILES string of the molecule is Cc1ccc(C#N)c(OCC2(N)CC2)c1. The lowest BCUT2D eigenvalue weighted by Crippen LogP contribution is -2.29. The average Bonchev–Trinajstić information content (AvgIpc) is 2.95. The van der Waals surface area contributed by atoms with Crippen LogP contribution < -0.4 is 10.5 Å². The zero-order valence-electron chi connectivity index (χ0n) is 8.79. The van der Waals surface area contributed by atoms with E-state index in [9.17, 15) is 0 Å². The van der Waals surface area contributed by atoms with Crippen LogP contribution in [0.15, 0.2) is 18.2 Å². The molecule has 1 saturated carbocycles. The van der Waals surface area contributed by atoms with Gasteiger partial charge in [-0.15, -0.1) is 0 Å². The molecule has 0 saturated heterocycles. The van der Waals surface area contributed by atoms with Crippen LogP contribution in [-0.4, -0.2) is 12.1 Å². The van der Waals surface area contributed by atoms with Crippen LogP contribution in [0.25, 0.3) is 0 Å². The summed E-state index contributed by atoms with van der Waals surface area (Å²) in [5.74, 6) is 0.647. The molecule has 0 heterocycles. The maximum atomic E-state index is 8.89. The van der Waals surface area contributed by atoms with Crippen molar-refractivity contribution in [2.24, 2.45) is 5.73 Å². The van der Waals surface area contributed by atoms with E-state index in [2.05, 4.69) is 6.07 Å². The monoisotopic (exact) mass is 202 g/mol. The third-order valence-corrected chi connectivity index (χ3v) is 2.66. The van der Waals surface area contributed by atoms with Gasteiger partial charge >= 0.3 is 0 Å². The Morgan fingerprint density at radius 3 is 2.87 bits per heavy atom. The van der Waals surface area contributed by atoms with Gasteiger partial charge in [0.15, 0.2) is 0 Å². The number of hydrogen-bond acceptors (Lipinski definition) is 3. The second kappa shape index (κ2) is 3.56. The van der Waals surface area contributed by atoms with E-state index in [1.54, 1.807) is 6.07 Å². The molecule has 0 radical (unpaired) electrons. The summed E-state index contributed by atoms with van der Waals surface area (Å²) < 4.78 is 5.59. The summed E-state index contributed by atoms with van der Waals surface area (Å²) in [5, 5.41) is 8.89. The largest absolute Gasteiger partial charge is 0.490 e. The van der Waals surface area contributed by atoms with Crippen LogP contribution in [0, 0.1) is 18.3 Å². The normalized spacial score (nSPS) is 16.9. The number of nitrogens with zero attached hydrogens (tertiary/aromatic N) is 1. The average molecular weight is 202 g/mol. The molecule has 2 N–H and O–H groups in total. The van der Waals surface area contributed by atoms with Gasteiger partial charge in [-0.1, -0.05) is 6.07 Å². The fourth-order valence-corrected chi connectivity index (χ4v) is 1.37. The molecule has 0 unspecified atom stereocenters. The summed E-state index contributed by atoms with van der Waals surface area (Å²) in [7, 11) is 0. The molecular formula is C12H14N2O. The molecule has 1 fully saturated rings. The lowest BCUT2D eigenvalue weighted by molar-refractivity contribution is 0.278. The van der Waals surface area contributed by atoms with Crippen LogP contribution in [-0.2, 0) is 0 Å². The number of ether oxygens (including phenoxy) is 1. The maximum Gasteiger partial charge on any atom is 0.137 e. The van der Waals surface area contributed by atoms with Crippen molar-refractivity contribution in [3.05, 3.63) is 29.3 Å². The summed E-state index contributed by atoms with van der Waals surface area (Å²) in [4.78, 5) is 0. The molecule has 1 aliphatic rings. The predicted octanol–water partition coefficient (Wildman–Crippen LogP) is 1.74. The van der Waals surface area contributed by atoms with Gasteiger partial charge in [-0.25, -0.2) is 0 Å². The van der Waals surface area contributed by atoms with Gasteiger partial charge in [0.25, 0.3) is 0 Å². The second-order valence-corrected chi connectivity index (χ2v) is 4.26. The minimum atomic E-state index is -0.142. The minimum absolute atomic E-state index is 0.142. The number of aryl methyl sites for hydroxylation is 1. The smallest absolute Gasteiger partial charge is 0.137 e. The highest BCUT2D eigenvalue weighted by Gasteiger charge is 2.39. The Hall–Kier alpha value is -1.53. The summed E-state index contributed by atoms with van der Waals surface area (Å²) in [6, 6.07) is 7.67. The van der Waals surface area contributed by atoms with Gasteiger partial charge in [-0.05, 0) is 37.5 Å². The highest BCUT2D eigenvalue weighted by molar-refractivity contribution is 5.45. The third-order valence-electron chi connectivity index (χ3n) is 2.66. The Balaban J connectivity index is 2.12. The van der Waals surface area contributed by atoms with Crippen molar-refractivity contribution < 1.29 is 4.74 Å². The number of rotatable bonds is 3. The minimum Gasteiger partial charge on any atom is -0.490 e. The van der Waals surface area contributed by atoms with Crippen LogP contribution in [0.2, 0.25) is 0 Å². The lowest BCUT2D eigenvalue weighted by Gasteiger charge is -2.12. The van der Waals surface area contributed by atoms with Crippen molar-refractivity contribution in [2.75, 3.05) is 6.61 Å². The first-order chi connectivity index (χ1) is 7.13. The maximum absolute atomic E-state index is 8.89. The number of nitriles is 1. The molecule has 15 heavy (non-hydrogen) atoms. The van der Waals surface area contributed by atoms with Gasteiger partial charge in [0, 0.05) is 0 Å². The first-order valence-corrected chi connectivity index (χ1v) is 5.05. The topological polar surface area (TPSA) is 59.0 Å². The molecule has 0 spiro atoms. The first-order valence-electron chi connectivity index (χ1n) is 5.05. The van der Waals surface area contributed by atoms with Gasteiger partial charge in [-0.3, -0.25) is 0 Å². The molecule has 0 atom stereocenters. The van der Waals surface area contributed by atoms with Crippen molar-refractivity contribution >= 4 is 0 Å².